The van der Waals surface area contributed by atoms with Gasteiger partial charge in [-0.05, 0) is 36.9 Å². The van der Waals surface area contributed by atoms with Crippen LogP contribution in [0.5, 0.6) is 0 Å². The van der Waals surface area contributed by atoms with Gasteiger partial charge in [-0.1, -0.05) is 0 Å². The lowest BCUT2D eigenvalue weighted by atomic mass is 10.2. The van der Waals surface area contributed by atoms with Gasteiger partial charge in [0.2, 0.25) is 0 Å². The van der Waals surface area contributed by atoms with Gasteiger partial charge in [0, 0.05) is 4.88 Å². The van der Waals surface area contributed by atoms with Gasteiger partial charge in [0.05, 0.1) is 7.11 Å². The molecule has 2 N–H and O–H groups in total. The third-order valence-electron chi connectivity index (χ3n) is 2.60. The van der Waals surface area contributed by atoms with Crippen LogP contribution in [0.25, 0.3) is 0 Å². The second-order valence-electron chi connectivity index (χ2n) is 3.53. The molecule has 0 bridgehead atoms. The van der Waals surface area contributed by atoms with Crippen LogP contribution in [-0.4, -0.2) is 19.6 Å². The molecule has 14 heavy (non-hydrogen) atoms. The van der Waals surface area contributed by atoms with Gasteiger partial charge in [0.25, 0.3) is 0 Å². The van der Waals surface area contributed by atoms with Crippen molar-refractivity contribution in [3.63, 3.8) is 0 Å². The first kappa shape index (κ1) is 9.68. The summed E-state index contributed by atoms with van der Waals surface area (Å²) in [6.07, 6.45) is 1.16. The normalized spacial score (nSPS) is 24.7. The zero-order chi connectivity index (χ0) is 10.1. The Morgan fingerprint density at radius 1 is 1.71 bits per heavy atom. The minimum atomic E-state index is -0.244. The second kappa shape index (κ2) is 3.71. The summed E-state index contributed by atoms with van der Waals surface area (Å²) in [6, 6.07) is 3.84. The van der Waals surface area contributed by atoms with Crippen molar-refractivity contribution in [2.45, 2.75) is 12.3 Å². The Hall–Kier alpha value is -0.870. The molecule has 3 nitrogen and oxygen atoms in total. The monoisotopic (exact) mass is 211 g/mol. The first-order valence-electron chi connectivity index (χ1n) is 4.64. The number of thiophene rings is 1. The quantitative estimate of drug-likeness (QED) is 0.772. The highest BCUT2D eigenvalue weighted by Crippen LogP contribution is 2.48. The lowest BCUT2D eigenvalue weighted by Crippen LogP contribution is -2.01. The van der Waals surface area contributed by atoms with Crippen molar-refractivity contribution in [2.24, 2.45) is 11.7 Å². The Kier molecular flexibility index (Phi) is 2.56. The Morgan fingerprint density at radius 2 is 2.50 bits per heavy atom. The number of ether oxygens (including phenoxy) is 1. The predicted molar refractivity (Wildman–Crippen MR) is 55.6 cm³/mol. The first-order valence-corrected chi connectivity index (χ1v) is 5.46. The highest BCUT2D eigenvalue weighted by atomic mass is 32.1. The Bertz CT molecular complexity index is 348. The van der Waals surface area contributed by atoms with Crippen molar-refractivity contribution in [3.8, 4) is 0 Å². The standard InChI is InChI=1S/C10H13NO2S/c1-13-10(12)9-3-2-8(14-9)7-4-6(7)5-11/h2-3,6-7H,4-5,11H2,1H3/t6-,7+/m0/s1. The minimum absolute atomic E-state index is 0.244. The fourth-order valence-electron chi connectivity index (χ4n) is 1.62. The van der Waals surface area contributed by atoms with E-state index in [1.165, 1.54) is 23.3 Å². The van der Waals surface area contributed by atoms with Crippen LogP contribution in [0, 0.1) is 5.92 Å². The number of hydrogen-bond donors (Lipinski definition) is 1. The minimum Gasteiger partial charge on any atom is -0.465 e. The van der Waals surface area contributed by atoms with E-state index in [1.54, 1.807) is 0 Å². The van der Waals surface area contributed by atoms with Gasteiger partial charge in [-0.25, -0.2) is 4.79 Å². The zero-order valence-corrected chi connectivity index (χ0v) is 8.84. The second-order valence-corrected chi connectivity index (χ2v) is 4.65. The summed E-state index contributed by atoms with van der Waals surface area (Å²) in [6.45, 7) is 0.746. The lowest BCUT2D eigenvalue weighted by Gasteiger charge is -1.93. The summed E-state index contributed by atoms with van der Waals surface area (Å²) in [5.74, 6) is 0.966. The molecule has 0 aliphatic heterocycles. The Labute approximate surface area is 86.9 Å². The number of rotatable bonds is 3. The molecular weight excluding hydrogens is 198 g/mol. The van der Waals surface area contributed by atoms with Gasteiger partial charge in [0.15, 0.2) is 0 Å². The van der Waals surface area contributed by atoms with Crippen LogP contribution in [0.15, 0.2) is 12.1 Å². The third kappa shape index (κ3) is 1.67. The van der Waals surface area contributed by atoms with E-state index < -0.39 is 0 Å². The van der Waals surface area contributed by atoms with Gasteiger partial charge in [-0.3, -0.25) is 0 Å². The molecule has 1 aliphatic carbocycles. The molecular formula is C10H13NO2S. The van der Waals surface area contributed by atoms with Crippen LogP contribution in [0.2, 0.25) is 0 Å². The van der Waals surface area contributed by atoms with E-state index in [1.807, 2.05) is 12.1 Å². The average Bonchev–Trinajstić information content (AvgIpc) is 2.85. The van der Waals surface area contributed by atoms with E-state index in [4.69, 9.17) is 5.73 Å². The topological polar surface area (TPSA) is 52.3 Å². The number of carbonyl (C=O) groups is 1. The zero-order valence-electron chi connectivity index (χ0n) is 8.03. The van der Waals surface area contributed by atoms with E-state index in [0.717, 1.165) is 13.0 Å². The molecule has 0 saturated heterocycles. The fourth-order valence-corrected chi connectivity index (χ4v) is 2.75. The van der Waals surface area contributed by atoms with Gasteiger partial charge >= 0.3 is 5.97 Å². The van der Waals surface area contributed by atoms with Crippen LogP contribution < -0.4 is 5.73 Å². The fraction of sp³-hybridized carbons (Fsp3) is 0.500. The lowest BCUT2D eigenvalue weighted by molar-refractivity contribution is 0.0606. The molecule has 2 atom stereocenters. The van der Waals surface area contributed by atoms with Gasteiger partial charge in [0.1, 0.15) is 4.88 Å². The highest BCUT2D eigenvalue weighted by molar-refractivity contribution is 7.14. The molecule has 1 aromatic rings. The molecule has 76 valence electrons. The maximum atomic E-state index is 11.2. The van der Waals surface area contributed by atoms with Crippen LogP contribution >= 0.6 is 11.3 Å². The maximum Gasteiger partial charge on any atom is 0.348 e. The average molecular weight is 211 g/mol. The summed E-state index contributed by atoms with van der Waals surface area (Å²) in [7, 11) is 1.40. The van der Waals surface area contributed by atoms with Crippen LogP contribution in [0.3, 0.4) is 0 Å². The van der Waals surface area contributed by atoms with Gasteiger partial charge in [-0.2, -0.15) is 0 Å². The van der Waals surface area contributed by atoms with Crippen molar-refractivity contribution >= 4 is 17.3 Å². The van der Waals surface area contributed by atoms with Crippen molar-refractivity contribution in [1.29, 1.82) is 0 Å². The number of hydrogen-bond acceptors (Lipinski definition) is 4. The van der Waals surface area contributed by atoms with Crippen LogP contribution in [0.1, 0.15) is 26.9 Å². The molecule has 1 saturated carbocycles. The van der Waals surface area contributed by atoms with Gasteiger partial charge < -0.3 is 10.5 Å². The maximum absolute atomic E-state index is 11.2. The summed E-state index contributed by atoms with van der Waals surface area (Å²) >= 11 is 1.53. The molecule has 0 radical (unpaired) electrons. The van der Waals surface area contributed by atoms with Crippen molar-refractivity contribution in [1.82, 2.24) is 0 Å². The number of carbonyl (C=O) groups excluding carboxylic acids is 1. The molecule has 0 amide bonds. The first-order chi connectivity index (χ1) is 6.76. The van der Waals surface area contributed by atoms with Crippen LogP contribution in [0.4, 0.5) is 0 Å². The smallest absolute Gasteiger partial charge is 0.348 e. The molecule has 0 unspecified atom stereocenters. The van der Waals surface area contributed by atoms with E-state index >= 15 is 0 Å². The van der Waals surface area contributed by atoms with Gasteiger partial charge in [-0.15, -0.1) is 11.3 Å². The molecule has 4 heteroatoms. The molecule has 2 rings (SSSR count). The summed E-state index contributed by atoms with van der Waals surface area (Å²) < 4.78 is 4.65. The van der Waals surface area contributed by atoms with Crippen molar-refractivity contribution in [3.05, 3.63) is 21.9 Å². The Balaban J connectivity index is 2.07. The van der Waals surface area contributed by atoms with E-state index in [-0.39, 0.29) is 5.97 Å². The summed E-state index contributed by atoms with van der Waals surface area (Å²) in [4.78, 5) is 13.1. The van der Waals surface area contributed by atoms with E-state index in [9.17, 15) is 4.79 Å². The van der Waals surface area contributed by atoms with Crippen molar-refractivity contribution in [2.75, 3.05) is 13.7 Å². The molecule has 1 aliphatic rings. The molecule has 1 aromatic heterocycles. The number of nitrogens with two attached hydrogens (primary N) is 1. The largest absolute Gasteiger partial charge is 0.465 e. The Morgan fingerprint density at radius 3 is 3.07 bits per heavy atom. The summed E-state index contributed by atoms with van der Waals surface area (Å²) in [5, 5.41) is 0. The predicted octanol–water partition coefficient (Wildman–Crippen LogP) is 1.60. The van der Waals surface area contributed by atoms with Crippen molar-refractivity contribution < 1.29 is 9.53 Å². The SMILES string of the molecule is COC(=O)c1ccc([C@@H]2C[C@H]2CN)s1. The summed E-state index contributed by atoms with van der Waals surface area (Å²) in [5.41, 5.74) is 5.57. The highest BCUT2D eigenvalue weighted by Gasteiger charge is 2.38. The molecule has 1 heterocycles. The van der Waals surface area contributed by atoms with E-state index in [0.29, 0.717) is 16.7 Å². The third-order valence-corrected chi connectivity index (χ3v) is 3.80. The molecule has 0 aromatic carbocycles. The van der Waals surface area contributed by atoms with E-state index in [2.05, 4.69) is 4.74 Å². The molecule has 1 fully saturated rings. The number of methoxy groups -OCH3 is 1. The molecule has 0 spiro atoms. The van der Waals surface area contributed by atoms with Crippen LogP contribution in [-0.2, 0) is 4.74 Å². The number of esters is 1.